The lowest BCUT2D eigenvalue weighted by atomic mass is 9.83. The Morgan fingerprint density at radius 1 is 1.67 bits per heavy atom. The van der Waals surface area contributed by atoms with E-state index in [0.29, 0.717) is 5.92 Å². The first-order chi connectivity index (χ1) is 5.55. The summed E-state index contributed by atoms with van der Waals surface area (Å²) >= 11 is 0. The zero-order chi connectivity index (χ0) is 8.93. The molecular weight excluding hydrogens is 152 g/mol. The zero-order valence-electron chi connectivity index (χ0n) is 7.76. The minimum Gasteiger partial charge on any atom is -0.454 e. The predicted molar refractivity (Wildman–Crippen MR) is 45.5 cm³/mol. The molecule has 1 heterocycles. The maximum absolute atomic E-state index is 11.3. The summed E-state index contributed by atoms with van der Waals surface area (Å²) in [7, 11) is 0. The third-order valence-corrected chi connectivity index (χ3v) is 3.46. The lowest BCUT2D eigenvalue weighted by Gasteiger charge is -2.25. The van der Waals surface area contributed by atoms with Gasteiger partial charge in [0.1, 0.15) is 5.60 Å². The van der Waals surface area contributed by atoms with Crippen LogP contribution in [0.1, 0.15) is 27.2 Å². The molecule has 0 aromatic rings. The molecule has 1 aliphatic heterocycles. The number of fused-ring (bicyclic) bond motifs is 1. The van der Waals surface area contributed by atoms with Crippen molar-refractivity contribution >= 4 is 5.97 Å². The molecule has 0 spiro atoms. The van der Waals surface area contributed by atoms with Gasteiger partial charge in [-0.3, -0.25) is 4.79 Å². The number of carbonyl (C=O) groups is 1. The summed E-state index contributed by atoms with van der Waals surface area (Å²) < 4.78 is 5.39. The number of esters is 1. The monoisotopic (exact) mass is 166 g/mol. The van der Waals surface area contributed by atoms with Crippen molar-refractivity contribution < 1.29 is 9.53 Å². The molecule has 0 amide bonds. The molecule has 66 valence electrons. The Balaban J connectivity index is 2.37. The largest absolute Gasteiger partial charge is 0.454 e. The third kappa shape index (κ3) is 0.728. The Bertz CT molecular complexity index is 267. The summed E-state index contributed by atoms with van der Waals surface area (Å²) in [5, 5.41) is 0. The van der Waals surface area contributed by atoms with Crippen LogP contribution in [0.4, 0.5) is 0 Å². The Kier molecular flexibility index (Phi) is 1.39. The van der Waals surface area contributed by atoms with Crippen LogP contribution in [-0.2, 0) is 9.53 Å². The van der Waals surface area contributed by atoms with Crippen LogP contribution >= 0.6 is 0 Å². The van der Waals surface area contributed by atoms with E-state index < -0.39 is 0 Å². The number of hydrogen-bond donors (Lipinski definition) is 0. The maximum Gasteiger partial charge on any atom is 0.309 e. The topological polar surface area (TPSA) is 26.3 Å². The number of hydrogen-bond acceptors (Lipinski definition) is 2. The second kappa shape index (κ2) is 2.12. The summed E-state index contributed by atoms with van der Waals surface area (Å²) in [5.41, 5.74) is 0.932. The minimum absolute atomic E-state index is 0.0325. The van der Waals surface area contributed by atoms with Gasteiger partial charge in [-0.25, -0.2) is 0 Å². The highest BCUT2D eigenvalue weighted by molar-refractivity contribution is 5.76. The van der Waals surface area contributed by atoms with Crippen molar-refractivity contribution in [1.82, 2.24) is 0 Å². The first-order valence-electron chi connectivity index (χ1n) is 4.46. The van der Waals surface area contributed by atoms with E-state index in [1.165, 1.54) is 5.57 Å². The normalized spacial score (nSPS) is 45.6. The fourth-order valence-electron chi connectivity index (χ4n) is 2.33. The molecule has 2 rings (SSSR count). The second-order valence-corrected chi connectivity index (χ2v) is 4.05. The first-order valence-corrected chi connectivity index (χ1v) is 4.46. The Hall–Kier alpha value is -0.790. The van der Waals surface area contributed by atoms with Crippen LogP contribution in [0.3, 0.4) is 0 Å². The van der Waals surface area contributed by atoms with Gasteiger partial charge in [-0.2, -0.15) is 0 Å². The van der Waals surface area contributed by atoms with Crippen LogP contribution in [0.5, 0.6) is 0 Å². The minimum atomic E-state index is -0.281. The van der Waals surface area contributed by atoms with Gasteiger partial charge in [0.25, 0.3) is 0 Å². The molecule has 1 fully saturated rings. The average molecular weight is 166 g/mol. The summed E-state index contributed by atoms with van der Waals surface area (Å²) in [5.74, 6) is 0.420. The number of rotatable bonds is 0. The molecule has 0 unspecified atom stereocenters. The Morgan fingerprint density at radius 2 is 2.33 bits per heavy atom. The molecular formula is C10H14O2. The van der Waals surface area contributed by atoms with E-state index >= 15 is 0 Å². The molecule has 2 heteroatoms. The SMILES string of the molecule is CC1=CC[C@@H]2[C@H](C)C(=O)O[C@]12C. The summed E-state index contributed by atoms with van der Waals surface area (Å²) in [6.07, 6.45) is 3.18. The first kappa shape index (κ1) is 7.84. The molecule has 1 aliphatic carbocycles. The number of ether oxygens (including phenoxy) is 1. The average Bonchev–Trinajstić information content (AvgIpc) is 2.38. The molecule has 12 heavy (non-hydrogen) atoms. The van der Waals surface area contributed by atoms with Crippen LogP contribution in [0.15, 0.2) is 11.6 Å². The van der Waals surface area contributed by atoms with Crippen molar-refractivity contribution in [1.29, 1.82) is 0 Å². The van der Waals surface area contributed by atoms with Crippen LogP contribution in [-0.4, -0.2) is 11.6 Å². The Labute approximate surface area is 72.6 Å². The molecule has 0 aromatic carbocycles. The molecule has 0 bridgehead atoms. The van der Waals surface area contributed by atoms with Gasteiger partial charge in [0.15, 0.2) is 0 Å². The fourth-order valence-corrected chi connectivity index (χ4v) is 2.33. The van der Waals surface area contributed by atoms with Crippen LogP contribution < -0.4 is 0 Å². The van der Waals surface area contributed by atoms with E-state index in [1.807, 2.05) is 20.8 Å². The molecule has 3 atom stereocenters. The molecule has 2 nitrogen and oxygen atoms in total. The van der Waals surface area contributed by atoms with Gasteiger partial charge in [-0.1, -0.05) is 13.0 Å². The van der Waals surface area contributed by atoms with E-state index in [4.69, 9.17) is 4.74 Å². The summed E-state index contributed by atoms with van der Waals surface area (Å²) in [6, 6.07) is 0. The van der Waals surface area contributed by atoms with Gasteiger partial charge in [0, 0.05) is 5.92 Å². The van der Waals surface area contributed by atoms with Crippen LogP contribution in [0, 0.1) is 11.8 Å². The van der Waals surface area contributed by atoms with Crippen molar-refractivity contribution in [3.8, 4) is 0 Å². The quantitative estimate of drug-likeness (QED) is 0.406. The molecule has 1 saturated heterocycles. The van der Waals surface area contributed by atoms with E-state index in [0.717, 1.165) is 6.42 Å². The van der Waals surface area contributed by atoms with E-state index in [9.17, 15) is 4.79 Å². The van der Waals surface area contributed by atoms with Gasteiger partial charge in [0.05, 0.1) is 5.92 Å². The van der Waals surface area contributed by atoms with Crippen molar-refractivity contribution in [2.75, 3.05) is 0 Å². The highest BCUT2D eigenvalue weighted by Crippen LogP contribution is 2.48. The van der Waals surface area contributed by atoms with E-state index in [1.54, 1.807) is 0 Å². The summed E-state index contributed by atoms with van der Waals surface area (Å²) in [4.78, 5) is 11.3. The second-order valence-electron chi connectivity index (χ2n) is 4.05. The van der Waals surface area contributed by atoms with Gasteiger partial charge >= 0.3 is 5.97 Å². The molecule has 0 radical (unpaired) electrons. The van der Waals surface area contributed by atoms with E-state index in [-0.39, 0.29) is 17.5 Å². The van der Waals surface area contributed by atoms with Crippen molar-refractivity contribution in [2.24, 2.45) is 11.8 Å². The van der Waals surface area contributed by atoms with Crippen molar-refractivity contribution in [3.05, 3.63) is 11.6 Å². The number of carbonyl (C=O) groups excluding carboxylic acids is 1. The van der Waals surface area contributed by atoms with Gasteiger partial charge < -0.3 is 4.74 Å². The van der Waals surface area contributed by atoms with Gasteiger partial charge in [-0.15, -0.1) is 0 Å². The lowest BCUT2D eigenvalue weighted by molar-refractivity contribution is -0.147. The van der Waals surface area contributed by atoms with Crippen molar-refractivity contribution in [3.63, 3.8) is 0 Å². The Morgan fingerprint density at radius 3 is 2.92 bits per heavy atom. The smallest absolute Gasteiger partial charge is 0.309 e. The van der Waals surface area contributed by atoms with Gasteiger partial charge in [-0.05, 0) is 25.8 Å². The molecule has 0 aromatic heterocycles. The number of allylic oxidation sites excluding steroid dienone is 1. The van der Waals surface area contributed by atoms with Crippen molar-refractivity contribution in [2.45, 2.75) is 32.8 Å². The van der Waals surface area contributed by atoms with Gasteiger partial charge in [0.2, 0.25) is 0 Å². The highest BCUT2D eigenvalue weighted by Gasteiger charge is 2.53. The highest BCUT2D eigenvalue weighted by atomic mass is 16.6. The molecule has 0 saturated carbocycles. The summed E-state index contributed by atoms with van der Waals surface area (Å²) in [6.45, 7) is 6.04. The predicted octanol–water partition coefficient (Wildman–Crippen LogP) is 1.90. The lowest BCUT2D eigenvalue weighted by Crippen LogP contribution is -2.30. The van der Waals surface area contributed by atoms with Crippen LogP contribution in [0.25, 0.3) is 0 Å². The third-order valence-electron chi connectivity index (χ3n) is 3.46. The van der Waals surface area contributed by atoms with E-state index in [2.05, 4.69) is 6.08 Å². The molecule has 0 N–H and O–H groups in total. The standard InChI is InChI=1S/C10H14O2/c1-6-4-5-8-7(2)9(11)12-10(6,8)3/h4,7-8H,5H2,1-3H3/t7-,8+,10+/m0/s1. The van der Waals surface area contributed by atoms with Crippen LogP contribution in [0.2, 0.25) is 0 Å². The fraction of sp³-hybridized carbons (Fsp3) is 0.700. The molecule has 2 aliphatic rings. The maximum atomic E-state index is 11.3. The zero-order valence-corrected chi connectivity index (χ0v) is 7.76.